The van der Waals surface area contributed by atoms with Crippen molar-refractivity contribution in [2.45, 2.75) is 6.36 Å². The first-order valence-electron chi connectivity index (χ1n) is 3.20. The maximum Gasteiger partial charge on any atom is 0.260 e. The van der Waals surface area contributed by atoms with Gasteiger partial charge in [-0.1, -0.05) is 30.3 Å². The second kappa shape index (κ2) is 4.18. The maximum absolute atomic E-state index is 12.8. The minimum absolute atomic E-state index is 0.191. The monoisotopic (exact) mass is 190 g/mol. The van der Waals surface area contributed by atoms with Crippen molar-refractivity contribution in [2.24, 2.45) is 0 Å². The number of benzene rings is 1. The van der Waals surface area contributed by atoms with Crippen molar-refractivity contribution in [2.75, 3.05) is 0 Å². The molecule has 0 aliphatic carbocycles. The minimum atomic E-state index is -3.14. The zero-order valence-corrected chi connectivity index (χ0v) is 6.91. The zero-order chi connectivity index (χ0) is 8.97. The number of thiol groups is 1. The molecule has 3 nitrogen and oxygen atoms in total. The van der Waals surface area contributed by atoms with Gasteiger partial charge in [0.1, 0.15) is 0 Å². The van der Waals surface area contributed by atoms with Crippen molar-refractivity contribution in [1.29, 1.82) is 0 Å². The van der Waals surface area contributed by atoms with E-state index in [4.69, 9.17) is 0 Å². The minimum Gasteiger partial charge on any atom is -0.231 e. The van der Waals surface area contributed by atoms with Crippen molar-refractivity contribution in [1.82, 2.24) is 0 Å². The van der Waals surface area contributed by atoms with Crippen LogP contribution >= 0.6 is 0 Å². The molecule has 12 heavy (non-hydrogen) atoms. The first-order valence-corrected chi connectivity index (χ1v) is 4.30. The molecule has 1 unspecified atom stereocenters. The molecule has 0 N–H and O–H groups in total. The molecule has 0 saturated heterocycles. The molecule has 0 amide bonds. The third-order valence-corrected chi connectivity index (χ3v) is 1.60. The molecule has 0 aliphatic rings. The smallest absolute Gasteiger partial charge is 0.231 e. The van der Waals surface area contributed by atoms with Gasteiger partial charge in [-0.2, -0.15) is 0 Å². The third-order valence-electron chi connectivity index (χ3n) is 1.24. The SMILES string of the molecule is O=[SH](=O)OC(F)c1ccccc1. The predicted molar refractivity (Wildman–Crippen MR) is 41.7 cm³/mol. The summed E-state index contributed by atoms with van der Waals surface area (Å²) in [5, 5.41) is 0. The molecule has 1 atom stereocenters. The Bertz CT molecular complexity index is 302. The van der Waals surface area contributed by atoms with Crippen LogP contribution in [0.1, 0.15) is 11.9 Å². The van der Waals surface area contributed by atoms with Crippen LogP contribution in [0.15, 0.2) is 30.3 Å². The van der Waals surface area contributed by atoms with Crippen molar-refractivity contribution in [3.8, 4) is 0 Å². The normalized spacial score (nSPS) is 13.2. The van der Waals surface area contributed by atoms with Gasteiger partial charge >= 0.3 is 0 Å². The van der Waals surface area contributed by atoms with E-state index in [9.17, 15) is 12.8 Å². The molecule has 0 aliphatic heterocycles. The summed E-state index contributed by atoms with van der Waals surface area (Å²) in [6.07, 6.45) is -1.90. The molecule has 0 spiro atoms. The summed E-state index contributed by atoms with van der Waals surface area (Å²) in [6, 6.07) is 7.80. The second-order valence-corrected chi connectivity index (χ2v) is 2.71. The Morgan fingerprint density at radius 2 is 1.83 bits per heavy atom. The molecule has 1 rings (SSSR count). The van der Waals surface area contributed by atoms with Gasteiger partial charge in [0, 0.05) is 5.56 Å². The van der Waals surface area contributed by atoms with E-state index in [1.165, 1.54) is 12.1 Å². The average Bonchev–Trinajstić information content (AvgIpc) is 2.05. The molecule has 1 aromatic carbocycles. The lowest BCUT2D eigenvalue weighted by Crippen LogP contribution is -1.95. The Morgan fingerprint density at radius 1 is 1.25 bits per heavy atom. The molecule has 0 fully saturated rings. The summed E-state index contributed by atoms with van der Waals surface area (Å²) in [4.78, 5) is 0. The van der Waals surface area contributed by atoms with E-state index in [2.05, 4.69) is 4.18 Å². The summed E-state index contributed by atoms with van der Waals surface area (Å²) in [5.74, 6) is 0. The van der Waals surface area contributed by atoms with Crippen LogP contribution in [0.5, 0.6) is 0 Å². The van der Waals surface area contributed by atoms with Crippen LogP contribution in [0.25, 0.3) is 0 Å². The van der Waals surface area contributed by atoms with Crippen molar-refractivity contribution in [3.63, 3.8) is 0 Å². The summed E-state index contributed by atoms with van der Waals surface area (Å²) >= 11 is 0. The highest BCUT2D eigenvalue weighted by molar-refractivity contribution is 7.67. The molecule has 0 radical (unpaired) electrons. The van der Waals surface area contributed by atoms with Gasteiger partial charge in [0.05, 0.1) is 0 Å². The highest BCUT2D eigenvalue weighted by Gasteiger charge is 2.09. The molecular formula is C7H7FO3S. The largest absolute Gasteiger partial charge is 0.260 e. The number of halogens is 1. The fourth-order valence-corrected chi connectivity index (χ4v) is 1.01. The van der Waals surface area contributed by atoms with Gasteiger partial charge in [0.15, 0.2) is 0 Å². The van der Waals surface area contributed by atoms with Gasteiger partial charge in [-0.3, -0.25) is 0 Å². The summed E-state index contributed by atoms with van der Waals surface area (Å²) in [6.45, 7) is 0. The highest BCUT2D eigenvalue weighted by atomic mass is 32.2. The molecule has 1 aromatic rings. The van der Waals surface area contributed by atoms with E-state index >= 15 is 0 Å². The average molecular weight is 190 g/mol. The fraction of sp³-hybridized carbons (Fsp3) is 0.143. The Balaban J connectivity index is 2.71. The molecule has 0 heterocycles. The molecule has 0 aromatic heterocycles. The van der Waals surface area contributed by atoms with E-state index in [1.807, 2.05) is 0 Å². The van der Waals surface area contributed by atoms with Crippen molar-refractivity contribution < 1.29 is 17.0 Å². The first-order chi connectivity index (χ1) is 5.70. The lowest BCUT2D eigenvalue weighted by atomic mass is 10.2. The number of hydrogen-bond donors (Lipinski definition) is 1. The van der Waals surface area contributed by atoms with E-state index in [1.54, 1.807) is 18.2 Å². The Labute approximate surface area is 70.9 Å². The topological polar surface area (TPSA) is 43.4 Å². The van der Waals surface area contributed by atoms with Crippen LogP contribution in [-0.2, 0) is 15.2 Å². The molecular weight excluding hydrogens is 183 g/mol. The van der Waals surface area contributed by atoms with Gasteiger partial charge in [0.2, 0.25) is 6.36 Å². The van der Waals surface area contributed by atoms with E-state index in [0.29, 0.717) is 0 Å². The zero-order valence-electron chi connectivity index (χ0n) is 6.01. The number of hydrogen-bond acceptors (Lipinski definition) is 3. The summed E-state index contributed by atoms with van der Waals surface area (Å²) in [5.41, 5.74) is 0.191. The second-order valence-electron chi connectivity index (χ2n) is 2.06. The maximum atomic E-state index is 12.8. The Hall–Kier alpha value is -0.940. The standard InChI is InChI=1S/C7H7FO3S/c8-7(11-12(9)10)6-4-2-1-3-5-6/h1-5,7,12H. The molecule has 66 valence electrons. The van der Waals surface area contributed by atoms with Crippen LogP contribution in [0, 0.1) is 0 Å². The van der Waals surface area contributed by atoms with E-state index < -0.39 is 17.3 Å². The van der Waals surface area contributed by atoms with Crippen LogP contribution < -0.4 is 0 Å². The van der Waals surface area contributed by atoms with Gasteiger partial charge in [-0.15, -0.1) is 0 Å². The molecule has 0 bridgehead atoms. The van der Waals surface area contributed by atoms with Gasteiger partial charge in [0.25, 0.3) is 11.0 Å². The molecule has 0 saturated carbocycles. The van der Waals surface area contributed by atoms with Crippen LogP contribution in [0.3, 0.4) is 0 Å². The third kappa shape index (κ3) is 2.60. The summed E-state index contributed by atoms with van der Waals surface area (Å²) in [7, 11) is -3.14. The van der Waals surface area contributed by atoms with Gasteiger partial charge in [-0.05, 0) is 0 Å². The van der Waals surface area contributed by atoms with Gasteiger partial charge < -0.3 is 0 Å². The lowest BCUT2D eigenvalue weighted by molar-refractivity contribution is 0.0801. The van der Waals surface area contributed by atoms with E-state index in [-0.39, 0.29) is 5.56 Å². The van der Waals surface area contributed by atoms with Crippen molar-refractivity contribution in [3.05, 3.63) is 35.9 Å². The number of alkyl halides is 1. The lowest BCUT2D eigenvalue weighted by Gasteiger charge is -2.02. The summed E-state index contributed by atoms with van der Waals surface area (Å²) < 4.78 is 36.6. The quantitative estimate of drug-likeness (QED) is 0.728. The Kier molecular flexibility index (Phi) is 3.19. The Morgan fingerprint density at radius 3 is 2.33 bits per heavy atom. The van der Waals surface area contributed by atoms with Crippen molar-refractivity contribution >= 4 is 11.0 Å². The van der Waals surface area contributed by atoms with Crippen LogP contribution in [-0.4, -0.2) is 8.42 Å². The van der Waals surface area contributed by atoms with Gasteiger partial charge in [-0.25, -0.2) is 17.0 Å². The van der Waals surface area contributed by atoms with E-state index in [0.717, 1.165) is 0 Å². The number of rotatable bonds is 3. The van der Waals surface area contributed by atoms with Crippen LogP contribution in [0.4, 0.5) is 4.39 Å². The van der Waals surface area contributed by atoms with Crippen LogP contribution in [0.2, 0.25) is 0 Å². The molecule has 5 heteroatoms. The first kappa shape index (κ1) is 9.15. The predicted octanol–water partition coefficient (Wildman–Crippen LogP) is 1.20. The fourth-order valence-electron chi connectivity index (χ4n) is 0.741. The highest BCUT2D eigenvalue weighted by Crippen LogP contribution is 2.17.